The fraction of sp³-hybridized carbons (Fsp3) is 0.600. The number of benzene rings is 1. The molecule has 0 saturated carbocycles. The van der Waals surface area contributed by atoms with Gasteiger partial charge in [-0.05, 0) is 44.5 Å². The number of hydrogen-bond acceptors (Lipinski definition) is 5. The lowest BCUT2D eigenvalue weighted by molar-refractivity contribution is 0.268. The van der Waals surface area contributed by atoms with Crippen LogP contribution in [0.4, 0.5) is 0 Å². The number of rotatable bonds is 6. The van der Waals surface area contributed by atoms with Crippen LogP contribution >= 0.6 is 12.4 Å². The highest BCUT2D eigenvalue weighted by atomic mass is 35.5. The highest BCUT2D eigenvalue weighted by molar-refractivity contribution is 7.89. The quantitative estimate of drug-likeness (QED) is 0.832. The van der Waals surface area contributed by atoms with Crippen LogP contribution in [-0.4, -0.2) is 53.6 Å². The third-order valence-electron chi connectivity index (χ3n) is 4.05. The molecule has 0 unspecified atom stereocenters. The van der Waals surface area contributed by atoms with E-state index in [2.05, 4.69) is 5.32 Å². The molecular formula is C15H25ClN2O4S. The minimum Gasteiger partial charge on any atom is -0.495 e. The van der Waals surface area contributed by atoms with Crippen molar-refractivity contribution >= 4 is 22.4 Å². The van der Waals surface area contributed by atoms with Gasteiger partial charge in [0, 0.05) is 13.1 Å². The molecule has 2 rings (SSSR count). The average molecular weight is 365 g/mol. The van der Waals surface area contributed by atoms with Crippen LogP contribution in [0, 0.1) is 5.92 Å². The number of sulfonamides is 1. The van der Waals surface area contributed by atoms with E-state index in [4.69, 9.17) is 9.47 Å². The van der Waals surface area contributed by atoms with Gasteiger partial charge < -0.3 is 14.8 Å². The van der Waals surface area contributed by atoms with Crippen molar-refractivity contribution in [1.82, 2.24) is 9.62 Å². The molecule has 1 saturated heterocycles. The van der Waals surface area contributed by atoms with Gasteiger partial charge in [-0.15, -0.1) is 12.4 Å². The molecule has 1 N–H and O–H groups in total. The summed E-state index contributed by atoms with van der Waals surface area (Å²) >= 11 is 0. The van der Waals surface area contributed by atoms with Crippen molar-refractivity contribution in [3.8, 4) is 11.5 Å². The number of piperidine rings is 1. The minimum absolute atomic E-state index is 0. The standard InChI is InChI=1S/C15H24N2O4S.ClH/c1-16-11-12-7-9-17(10-8-12)22(18,19)15-13(20-2)5-4-6-14(15)21-3;/h4-6,12,16H,7-11H2,1-3H3;1H. The molecule has 23 heavy (non-hydrogen) atoms. The third-order valence-corrected chi connectivity index (χ3v) is 6.01. The zero-order chi connectivity index (χ0) is 16.2. The van der Waals surface area contributed by atoms with E-state index in [1.165, 1.54) is 18.5 Å². The number of methoxy groups -OCH3 is 2. The van der Waals surface area contributed by atoms with Crippen molar-refractivity contribution in [3.63, 3.8) is 0 Å². The minimum atomic E-state index is -3.62. The lowest BCUT2D eigenvalue weighted by Crippen LogP contribution is -2.40. The zero-order valence-electron chi connectivity index (χ0n) is 13.7. The van der Waals surface area contributed by atoms with E-state index >= 15 is 0 Å². The Morgan fingerprint density at radius 2 is 1.70 bits per heavy atom. The normalized spacial score (nSPS) is 16.7. The number of ether oxygens (including phenoxy) is 2. The van der Waals surface area contributed by atoms with E-state index in [1.807, 2.05) is 7.05 Å². The second kappa shape index (κ2) is 8.73. The van der Waals surface area contributed by atoms with E-state index < -0.39 is 10.0 Å². The van der Waals surface area contributed by atoms with Gasteiger partial charge in [0.25, 0.3) is 0 Å². The Bertz CT molecular complexity index is 579. The molecule has 0 spiro atoms. The maximum Gasteiger partial charge on any atom is 0.250 e. The molecule has 1 aliphatic heterocycles. The van der Waals surface area contributed by atoms with Gasteiger partial charge in [-0.25, -0.2) is 8.42 Å². The molecule has 0 aliphatic carbocycles. The lowest BCUT2D eigenvalue weighted by atomic mass is 9.98. The molecule has 0 bridgehead atoms. The van der Waals surface area contributed by atoms with Gasteiger partial charge in [0.1, 0.15) is 11.5 Å². The average Bonchev–Trinajstić information content (AvgIpc) is 2.54. The monoisotopic (exact) mass is 364 g/mol. The summed E-state index contributed by atoms with van der Waals surface area (Å²) in [6.45, 7) is 1.97. The van der Waals surface area contributed by atoms with Crippen molar-refractivity contribution in [2.75, 3.05) is 40.9 Å². The third kappa shape index (κ3) is 4.29. The fourth-order valence-corrected chi connectivity index (χ4v) is 4.60. The van der Waals surface area contributed by atoms with Gasteiger partial charge in [0.2, 0.25) is 10.0 Å². The summed E-state index contributed by atoms with van der Waals surface area (Å²) in [6, 6.07) is 5.00. The Morgan fingerprint density at radius 3 is 2.13 bits per heavy atom. The van der Waals surface area contributed by atoms with Gasteiger partial charge in [-0.1, -0.05) is 6.07 Å². The summed E-state index contributed by atoms with van der Waals surface area (Å²) in [4.78, 5) is 0.118. The van der Waals surface area contributed by atoms with Gasteiger partial charge in [-0.2, -0.15) is 4.31 Å². The Morgan fingerprint density at radius 1 is 1.17 bits per heavy atom. The first-order chi connectivity index (χ1) is 10.5. The molecule has 1 aromatic rings. The highest BCUT2D eigenvalue weighted by Crippen LogP contribution is 2.36. The highest BCUT2D eigenvalue weighted by Gasteiger charge is 2.33. The van der Waals surface area contributed by atoms with Crippen molar-refractivity contribution in [1.29, 1.82) is 0 Å². The Balaban J connectivity index is 0.00000264. The molecular weight excluding hydrogens is 340 g/mol. The summed E-state index contributed by atoms with van der Waals surface area (Å²) < 4.78 is 37.9. The van der Waals surface area contributed by atoms with Crippen LogP contribution < -0.4 is 14.8 Å². The van der Waals surface area contributed by atoms with Crippen LogP contribution in [0.1, 0.15) is 12.8 Å². The summed E-state index contributed by atoms with van der Waals surface area (Å²) in [6.07, 6.45) is 1.72. The summed E-state index contributed by atoms with van der Waals surface area (Å²) in [7, 11) is 1.23. The number of nitrogens with zero attached hydrogens (tertiary/aromatic N) is 1. The maximum absolute atomic E-state index is 13.0. The van der Waals surface area contributed by atoms with Gasteiger partial charge in [0.15, 0.2) is 4.90 Å². The van der Waals surface area contributed by atoms with E-state index in [0.717, 1.165) is 19.4 Å². The first kappa shape index (κ1) is 20.0. The molecule has 0 radical (unpaired) electrons. The number of nitrogens with one attached hydrogen (secondary N) is 1. The Labute approximate surface area is 144 Å². The predicted molar refractivity (Wildman–Crippen MR) is 92.2 cm³/mol. The molecule has 1 heterocycles. The summed E-state index contributed by atoms with van der Waals surface area (Å²) in [5.74, 6) is 1.16. The van der Waals surface area contributed by atoms with E-state index in [-0.39, 0.29) is 17.3 Å². The second-order valence-corrected chi connectivity index (χ2v) is 7.27. The fourth-order valence-electron chi connectivity index (χ4n) is 2.84. The van der Waals surface area contributed by atoms with Crippen molar-refractivity contribution in [3.05, 3.63) is 18.2 Å². The van der Waals surface area contributed by atoms with Crippen LogP contribution in [0.3, 0.4) is 0 Å². The zero-order valence-corrected chi connectivity index (χ0v) is 15.4. The van der Waals surface area contributed by atoms with Crippen LogP contribution in [0.2, 0.25) is 0 Å². The van der Waals surface area contributed by atoms with E-state index in [1.54, 1.807) is 18.2 Å². The topological polar surface area (TPSA) is 67.9 Å². The largest absolute Gasteiger partial charge is 0.495 e. The second-order valence-electron chi connectivity index (χ2n) is 5.40. The van der Waals surface area contributed by atoms with Crippen LogP contribution in [-0.2, 0) is 10.0 Å². The predicted octanol–water partition coefficient (Wildman–Crippen LogP) is 1.75. The Hall–Kier alpha value is -1.02. The molecule has 0 amide bonds. The molecule has 8 heteroatoms. The molecule has 132 valence electrons. The lowest BCUT2D eigenvalue weighted by Gasteiger charge is -2.31. The molecule has 1 aliphatic rings. The molecule has 0 aromatic heterocycles. The van der Waals surface area contributed by atoms with Crippen LogP contribution in [0.25, 0.3) is 0 Å². The number of halogens is 1. The van der Waals surface area contributed by atoms with E-state index in [9.17, 15) is 8.42 Å². The summed E-state index contributed by atoms with van der Waals surface area (Å²) in [5.41, 5.74) is 0. The first-order valence-electron chi connectivity index (χ1n) is 7.40. The SMILES string of the molecule is CNCC1CCN(S(=O)(=O)c2c(OC)cccc2OC)CC1.Cl. The van der Waals surface area contributed by atoms with Crippen LogP contribution in [0.5, 0.6) is 11.5 Å². The smallest absolute Gasteiger partial charge is 0.250 e. The molecule has 0 atom stereocenters. The van der Waals surface area contributed by atoms with E-state index in [0.29, 0.717) is 30.5 Å². The van der Waals surface area contributed by atoms with Crippen molar-refractivity contribution in [2.24, 2.45) is 5.92 Å². The Kier molecular flexibility index (Phi) is 7.60. The van der Waals surface area contributed by atoms with Crippen molar-refractivity contribution < 1.29 is 17.9 Å². The first-order valence-corrected chi connectivity index (χ1v) is 8.84. The number of hydrogen-bond donors (Lipinski definition) is 1. The van der Waals surface area contributed by atoms with Crippen molar-refractivity contribution in [2.45, 2.75) is 17.7 Å². The molecule has 1 fully saturated rings. The maximum atomic E-state index is 13.0. The van der Waals surface area contributed by atoms with Gasteiger partial charge >= 0.3 is 0 Å². The van der Waals surface area contributed by atoms with Gasteiger partial charge in [-0.3, -0.25) is 0 Å². The summed E-state index contributed by atoms with van der Waals surface area (Å²) in [5, 5.41) is 3.15. The molecule has 6 nitrogen and oxygen atoms in total. The van der Waals surface area contributed by atoms with Crippen LogP contribution in [0.15, 0.2) is 23.1 Å². The van der Waals surface area contributed by atoms with Gasteiger partial charge in [0.05, 0.1) is 14.2 Å². The molecule has 1 aromatic carbocycles.